The van der Waals surface area contributed by atoms with E-state index in [0.29, 0.717) is 6.42 Å². The molecule has 3 aromatic rings. The smallest absolute Gasteiger partial charge is 0.165 e. The van der Waals surface area contributed by atoms with E-state index in [1.807, 2.05) is 17.5 Å². The predicted molar refractivity (Wildman–Crippen MR) is 115 cm³/mol. The SMILES string of the molecule is O=C(CCN1CCN(c2cccc3c2OCC3)CC1)c1csc2ccccc12. The van der Waals surface area contributed by atoms with Crippen molar-refractivity contribution in [3.05, 3.63) is 59.0 Å². The Balaban J connectivity index is 1.18. The fourth-order valence-electron chi connectivity index (χ4n) is 4.25. The summed E-state index contributed by atoms with van der Waals surface area (Å²) in [5.41, 5.74) is 3.44. The van der Waals surface area contributed by atoms with Gasteiger partial charge in [0.15, 0.2) is 5.78 Å². The van der Waals surface area contributed by atoms with Crippen molar-refractivity contribution in [3.8, 4) is 5.75 Å². The van der Waals surface area contributed by atoms with Gasteiger partial charge in [-0.3, -0.25) is 9.69 Å². The molecular weight excluding hydrogens is 368 g/mol. The molecule has 0 N–H and O–H groups in total. The molecule has 5 rings (SSSR count). The zero-order valence-electron chi connectivity index (χ0n) is 15.9. The van der Waals surface area contributed by atoms with Crippen LogP contribution < -0.4 is 9.64 Å². The number of benzene rings is 2. The molecule has 2 aliphatic rings. The molecule has 4 nitrogen and oxygen atoms in total. The molecule has 144 valence electrons. The molecule has 3 heterocycles. The lowest BCUT2D eigenvalue weighted by molar-refractivity contribution is 0.0964. The van der Waals surface area contributed by atoms with E-state index in [1.54, 1.807) is 11.3 Å². The van der Waals surface area contributed by atoms with Crippen LogP contribution in [-0.2, 0) is 6.42 Å². The van der Waals surface area contributed by atoms with Crippen LogP contribution in [0, 0.1) is 0 Å². The Morgan fingerprint density at radius 3 is 2.79 bits per heavy atom. The Morgan fingerprint density at radius 2 is 1.89 bits per heavy atom. The zero-order chi connectivity index (χ0) is 18.9. The van der Waals surface area contributed by atoms with Gasteiger partial charge in [0.05, 0.1) is 12.3 Å². The van der Waals surface area contributed by atoms with Crippen molar-refractivity contribution in [1.29, 1.82) is 0 Å². The molecule has 0 bridgehead atoms. The first kappa shape index (κ1) is 17.7. The molecule has 0 amide bonds. The third kappa shape index (κ3) is 3.29. The summed E-state index contributed by atoms with van der Waals surface area (Å²) < 4.78 is 7.06. The van der Waals surface area contributed by atoms with E-state index in [9.17, 15) is 4.79 Å². The Hall–Kier alpha value is -2.37. The van der Waals surface area contributed by atoms with E-state index >= 15 is 0 Å². The highest BCUT2D eigenvalue weighted by Crippen LogP contribution is 2.36. The monoisotopic (exact) mass is 392 g/mol. The minimum Gasteiger partial charge on any atom is -0.491 e. The lowest BCUT2D eigenvalue weighted by Crippen LogP contribution is -2.47. The van der Waals surface area contributed by atoms with Crippen molar-refractivity contribution in [2.75, 3.05) is 44.2 Å². The summed E-state index contributed by atoms with van der Waals surface area (Å²) in [7, 11) is 0. The van der Waals surface area contributed by atoms with Crippen molar-refractivity contribution >= 4 is 32.9 Å². The van der Waals surface area contributed by atoms with Crippen LogP contribution in [0.15, 0.2) is 47.8 Å². The van der Waals surface area contributed by atoms with E-state index in [-0.39, 0.29) is 5.78 Å². The molecule has 28 heavy (non-hydrogen) atoms. The highest BCUT2D eigenvalue weighted by atomic mass is 32.1. The number of ketones is 1. The Bertz CT molecular complexity index is 1000. The zero-order valence-corrected chi connectivity index (χ0v) is 16.7. The van der Waals surface area contributed by atoms with Crippen LogP contribution in [-0.4, -0.2) is 50.0 Å². The normalized spacial score (nSPS) is 16.9. The second kappa shape index (κ2) is 7.57. The molecule has 1 aromatic heterocycles. The maximum atomic E-state index is 12.7. The average molecular weight is 393 g/mol. The topological polar surface area (TPSA) is 32.8 Å². The second-order valence-electron chi connectivity index (χ2n) is 7.51. The summed E-state index contributed by atoms with van der Waals surface area (Å²) in [5.74, 6) is 1.34. The van der Waals surface area contributed by atoms with Gasteiger partial charge in [-0.15, -0.1) is 11.3 Å². The number of para-hydroxylation sites is 1. The number of Topliss-reactive ketones (excluding diaryl/α,β-unsaturated/α-hetero) is 1. The molecule has 0 atom stereocenters. The van der Waals surface area contributed by atoms with Crippen LogP contribution in [0.3, 0.4) is 0 Å². The number of carbonyl (C=O) groups is 1. The van der Waals surface area contributed by atoms with Gasteiger partial charge >= 0.3 is 0 Å². The number of nitrogens with zero attached hydrogens (tertiary/aromatic N) is 2. The van der Waals surface area contributed by atoms with E-state index in [1.165, 1.54) is 16.0 Å². The first-order chi connectivity index (χ1) is 13.8. The van der Waals surface area contributed by atoms with Gasteiger partial charge < -0.3 is 9.64 Å². The van der Waals surface area contributed by atoms with E-state index in [0.717, 1.165) is 62.5 Å². The maximum Gasteiger partial charge on any atom is 0.165 e. The van der Waals surface area contributed by atoms with E-state index < -0.39 is 0 Å². The lowest BCUT2D eigenvalue weighted by atomic mass is 10.1. The number of carbonyl (C=O) groups excluding carboxylic acids is 1. The highest BCUT2D eigenvalue weighted by Gasteiger charge is 2.24. The van der Waals surface area contributed by atoms with Crippen LogP contribution in [0.5, 0.6) is 5.75 Å². The predicted octanol–water partition coefficient (Wildman–Crippen LogP) is 4.23. The molecule has 5 heteroatoms. The summed E-state index contributed by atoms with van der Waals surface area (Å²) >= 11 is 1.66. The van der Waals surface area contributed by atoms with Crippen molar-refractivity contribution in [1.82, 2.24) is 4.90 Å². The van der Waals surface area contributed by atoms with Crippen LogP contribution in [0.25, 0.3) is 10.1 Å². The Morgan fingerprint density at radius 1 is 1.04 bits per heavy atom. The summed E-state index contributed by atoms with van der Waals surface area (Å²) in [4.78, 5) is 17.6. The van der Waals surface area contributed by atoms with E-state index in [4.69, 9.17) is 4.74 Å². The lowest BCUT2D eigenvalue weighted by Gasteiger charge is -2.36. The van der Waals surface area contributed by atoms with Gasteiger partial charge in [0, 0.05) is 66.6 Å². The molecule has 2 aromatic carbocycles. The Labute approximate surface area is 169 Å². The number of piperazine rings is 1. The molecule has 0 radical (unpaired) electrons. The standard InChI is InChI=1S/C23H24N2O2S/c26-21(19-16-28-22-7-2-1-5-18(19)22)8-10-24-11-13-25(14-12-24)20-6-3-4-17-9-15-27-23(17)20/h1-7,16H,8-15H2. The van der Waals surface area contributed by atoms with Crippen molar-refractivity contribution in [3.63, 3.8) is 0 Å². The van der Waals surface area contributed by atoms with Crippen LogP contribution in [0.2, 0.25) is 0 Å². The third-order valence-corrected chi connectivity index (χ3v) is 6.81. The summed E-state index contributed by atoms with van der Waals surface area (Å²) in [5, 5.41) is 3.11. The number of hydrogen-bond acceptors (Lipinski definition) is 5. The molecule has 0 spiro atoms. The van der Waals surface area contributed by atoms with Crippen molar-refractivity contribution in [2.45, 2.75) is 12.8 Å². The number of thiophene rings is 1. The molecule has 0 unspecified atom stereocenters. The first-order valence-corrected chi connectivity index (χ1v) is 10.9. The fourth-order valence-corrected chi connectivity index (χ4v) is 5.21. The summed E-state index contributed by atoms with van der Waals surface area (Å²) in [6.07, 6.45) is 1.60. The second-order valence-corrected chi connectivity index (χ2v) is 8.42. The fraction of sp³-hybridized carbons (Fsp3) is 0.348. The third-order valence-electron chi connectivity index (χ3n) is 5.84. The summed E-state index contributed by atoms with van der Waals surface area (Å²) in [6, 6.07) is 14.7. The van der Waals surface area contributed by atoms with Crippen LogP contribution >= 0.6 is 11.3 Å². The molecule has 0 aliphatic carbocycles. The number of rotatable bonds is 5. The number of anilines is 1. The van der Waals surface area contributed by atoms with E-state index in [2.05, 4.69) is 40.1 Å². The van der Waals surface area contributed by atoms with Crippen molar-refractivity contribution in [2.24, 2.45) is 0 Å². The number of fused-ring (bicyclic) bond motifs is 2. The minimum atomic E-state index is 0.258. The quantitative estimate of drug-likeness (QED) is 0.609. The Kier molecular flexibility index (Phi) is 4.79. The van der Waals surface area contributed by atoms with Gasteiger partial charge in [0.2, 0.25) is 0 Å². The van der Waals surface area contributed by atoms with Gasteiger partial charge in [0.1, 0.15) is 5.75 Å². The van der Waals surface area contributed by atoms with Crippen LogP contribution in [0.1, 0.15) is 22.3 Å². The van der Waals surface area contributed by atoms with Gasteiger partial charge in [-0.05, 0) is 17.7 Å². The van der Waals surface area contributed by atoms with Gasteiger partial charge in [-0.25, -0.2) is 0 Å². The van der Waals surface area contributed by atoms with Gasteiger partial charge in [-0.2, -0.15) is 0 Å². The maximum absolute atomic E-state index is 12.7. The number of ether oxygens (including phenoxy) is 1. The minimum absolute atomic E-state index is 0.258. The largest absolute Gasteiger partial charge is 0.491 e. The molecule has 1 fully saturated rings. The summed E-state index contributed by atoms with van der Waals surface area (Å²) in [6.45, 7) is 5.57. The molecule has 0 saturated carbocycles. The molecular formula is C23H24N2O2S. The highest BCUT2D eigenvalue weighted by molar-refractivity contribution is 7.17. The first-order valence-electron chi connectivity index (χ1n) is 10.0. The molecule has 2 aliphatic heterocycles. The molecule has 1 saturated heterocycles. The van der Waals surface area contributed by atoms with Crippen LogP contribution in [0.4, 0.5) is 5.69 Å². The van der Waals surface area contributed by atoms with Gasteiger partial charge in [0.25, 0.3) is 0 Å². The van der Waals surface area contributed by atoms with Crippen molar-refractivity contribution < 1.29 is 9.53 Å². The average Bonchev–Trinajstić information content (AvgIpc) is 3.39. The number of hydrogen-bond donors (Lipinski definition) is 0. The van der Waals surface area contributed by atoms with Gasteiger partial charge in [-0.1, -0.05) is 30.3 Å².